The molecule has 37 heavy (non-hydrogen) atoms. The maximum absolute atomic E-state index is 11.8. The second-order valence-electron chi connectivity index (χ2n) is 10.0. The molecular weight excluding hydrogens is 470 g/mol. The zero-order chi connectivity index (χ0) is 26.4. The molecule has 0 aliphatic heterocycles. The fourth-order valence-electron chi connectivity index (χ4n) is 4.63. The van der Waals surface area contributed by atoms with E-state index in [9.17, 15) is 9.90 Å². The van der Waals surface area contributed by atoms with Crippen LogP contribution < -0.4 is 0 Å². The predicted octanol–water partition coefficient (Wildman–Crippen LogP) is 6.09. The van der Waals surface area contributed by atoms with E-state index in [1.165, 1.54) is 0 Å². The average Bonchev–Trinajstić information content (AvgIpc) is 3.25. The molecule has 1 saturated carbocycles. The molecule has 0 saturated heterocycles. The summed E-state index contributed by atoms with van der Waals surface area (Å²) in [6.45, 7) is 8.58. The number of carboxylic acid groups (broad SMARTS) is 1. The van der Waals surface area contributed by atoms with Crippen molar-refractivity contribution >= 4 is 5.97 Å². The van der Waals surface area contributed by atoms with Crippen LogP contribution in [0.2, 0.25) is 0 Å². The first-order valence-electron chi connectivity index (χ1n) is 13.0. The van der Waals surface area contributed by atoms with Gasteiger partial charge in [0.05, 0.1) is 32.0 Å². The third kappa shape index (κ3) is 7.51. The van der Waals surface area contributed by atoms with Gasteiger partial charge in [0, 0.05) is 5.56 Å². The Morgan fingerprint density at radius 2 is 1.78 bits per heavy atom. The topological polar surface area (TPSA) is 91.0 Å². The summed E-state index contributed by atoms with van der Waals surface area (Å²) in [6.07, 6.45) is 2.44. The van der Waals surface area contributed by atoms with E-state index in [4.69, 9.17) is 18.6 Å². The third-order valence-electron chi connectivity index (χ3n) is 6.89. The fraction of sp³-hybridized carbons (Fsp3) is 0.467. The van der Waals surface area contributed by atoms with Crippen LogP contribution >= 0.6 is 0 Å². The zero-order valence-corrected chi connectivity index (χ0v) is 22.2. The first-order valence-corrected chi connectivity index (χ1v) is 13.0. The van der Waals surface area contributed by atoms with Crippen molar-refractivity contribution in [3.63, 3.8) is 0 Å². The molecule has 198 valence electrons. The molecule has 1 heterocycles. The van der Waals surface area contributed by atoms with Crippen molar-refractivity contribution in [3.05, 3.63) is 76.2 Å². The largest absolute Gasteiger partial charge is 0.479 e. The summed E-state index contributed by atoms with van der Waals surface area (Å²) in [4.78, 5) is 16.4. The number of rotatable bonds is 11. The standard InChI is InChI=1S/C30H37NO6/c1-19-7-5-8-23(13-19)29-31-27(22(4)37-29)17-34-25-9-6-10-26(15-25)35-18-28(30(32)33)36-16-24-14-20(2)11-12-21(24)3/h5,7-8,11-14,25-26,28H,6,9-10,15-18H2,1-4H3,(H,32,33)/t25-,26+,28?/m0/s1. The van der Waals surface area contributed by atoms with Gasteiger partial charge in [-0.1, -0.05) is 41.5 Å². The fourth-order valence-corrected chi connectivity index (χ4v) is 4.63. The number of ether oxygens (including phenoxy) is 3. The van der Waals surface area contributed by atoms with Crippen LogP contribution in [0.1, 0.15) is 59.4 Å². The van der Waals surface area contributed by atoms with Crippen LogP contribution in [-0.2, 0) is 32.2 Å². The smallest absolute Gasteiger partial charge is 0.335 e. The zero-order valence-electron chi connectivity index (χ0n) is 22.2. The summed E-state index contributed by atoms with van der Waals surface area (Å²) in [7, 11) is 0. The number of nitrogens with zero attached hydrogens (tertiary/aromatic N) is 1. The van der Waals surface area contributed by atoms with Gasteiger partial charge in [0.2, 0.25) is 5.89 Å². The third-order valence-corrected chi connectivity index (χ3v) is 6.89. The lowest BCUT2D eigenvalue weighted by atomic mass is 9.95. The summed E-state index contributed by atoms with van der Waals surface area (Å²) in [5.74, 6) is 0.343. The van der Waals surface area contributed by atoms with Crippen LogP contribution in [0.4, 0.5) is 0 Å². The van der Waals surface area contributed by atoms with Crippen LogP contribution in [0, 0.1) is 27.7 Å². The number of aryl methyl sites for hydroxylation is 4. The molecular formula is C30H37NO6. The minimum atomic E-state index is -1.01. The van der Waals surface area contributed by atoms with Gasteiger partial charge in [0.1, 0.15) is 11.5 Å². The van der Waals surface area contributed by atoms with Crippen LogP contribution in [0.25, 0.3) is 11.5 Å². The van der Waals surface area contributed by atoms with Crippen molar-refractivity contribution in [2.24, 2.45) is 0 Å². The molecule has 0 spiro atoms. The number of aliphatic carboxylic acids is 1. The maximum atomic E-state index is 11.8. The maximum Gasteiger partial charge on any atom is 0.335 e. The molecule has 2 aromatic carbocycles. The Bertz CT molecular complexity index is 1200. The van der Waals surface area contributed by atoms with E-state index in [0.29, 0.717) is 18.9 Å². The van der Waals surface area contributed by atoms with E-state index in [1.54, 1.807) is 0 Å². The first kappa shape index (κ1) is 27.0. The van der Waals surface area contributed by atoms with E-state index in [2.05, 4.69) is 11.1 Å². The van der Waals surface area contributed by atoms with Gasteiger partial charge in [-0.2, -0.15) is 0 Å². The molecule has 3 atom stereocenters. The molecule has 0 amide bonds. The van der Waals surface area contributed by atoms with Crippen molar-refractivity contribution in [1.29, 1.82) is 0 Å². The highest BCUT2D eigenvalue weighted by molar-refractivity contribution is 5.72. The van der Waals surface area contributed by atoms with E-state index in [1.807, 2.05) is 64.1 Å². The summed E-state index contributed by atoms with van der Waals surface area (Å²) in [5.41, 5.74) is 6.09. The Morgan fingerprint density at radius 3 is 2.54 bits per heavy atom. The molecule has 7 nitrogen and oxygen atoms in total. The molecule has 0 radical (unpaired) electrons. The highest BCUT2D eigenvalue weighted by Crippen LogP contribution is 2.27. The van der Waals surface area contributed by atoms with E-state index in [-0.39, 0.29) is 25.4 Å². The Hall–Kier alpha value is -3.00. The molecule has 1 aliphatic rings. The normalized spacial score (nSPS) is 18.6. The molecule has 1 unspecified atom stereocenters. The average molecular weight is 508 g/mol. The van der Waals surface area contributed by atoms with Crippen molar-refractivity contribution in [2.75, 3.05) is 6.61 Å². The molecule has 0 bridgehead atoms. The molecule has 1 N–H and O–H groups in total. The van der Waals surface area contributed by atoms with Gasteiger partial charge >= 0.3 is 5.97 Å². The number of hydrogen-bond acceptors (Lipinski definition) is 6. The summed E-state index contributed by atoms with van der Waals surface area (Å²) >= 11 is 0. The Balaban J connectivity index is 1.27. The second-order valence-corrected chi connectivity index (χ2v) is 10.0. The quantitative estimate of drug-likeness (QED) is 0.336. The van der Waals surface area contributed by atoms with E-state index in [0.717, 1.165) is 58.5 Å². The molecule has 4 rings (SSSR count). The van der Waals surface area contributed by atoms with Gasteiger partial charge in [-0.25, -0.2) is 9.78 Å². The summed E-state index contributed by atoms with van der Waals surface area (Å²) in [6, 6.07) is 14.2. The number of hydrogen-bond donors (Lipinski definition) is 1. The molecule has 1 aliphatic carbocycles. The minimum absolute atomic E-state index is 0.0137. The lowest BCUT2D eigenvalue weighted by Gasteiger charge is -2.30. The number of aromatic nitrogens is 1. The van der Waals surface area contributed by atoms with Gasteiger partial charge in [-0.05, 0) is 76.6 Å². The summed E-state index contributed by atoms with van der Waals surface area (Å²) < 4.78 is 23.8. The molecule has 7 heteroatoms. The van der Waals surface area contributed by atoms with Crippen LogP contribution in [0.15, 0.2) is 46.9 Å². The Kier molecular flexibility index (Phi) is 9.14. The predicted molar refractivity (Wildman–Crippen MR) is 140 cm³/mol. The number of benzene rings is 2. The molecule has 3 aromatic rings. The summed E-state index contributed by atoms with van der Waals surface area (Å²) in [5, 5.41) is 9.65. The minimum Gasteiger partial charge on any atom is -0.479 e. The van der Waals surface area contributed by atoms with E-state index >= 15 is 0 Å². The second kappa shape index (κ2) is 12.5. The lowest BCUT2D eigenvalue weighted by molar-refractivity contribution is -0.159. The van der Waals surface area contributed by atoms with Gasteiger partial charge in [0.25, 0.3) is 0 Å². The molecule has 1 aromatic heterocycles. The Morgan fingerprint density at radius 1 is 1.03 bits per heavy atom. The molecule has 1 fully saturated rings. The first-order chi connectivity index (χ1) is 17.8. The van der Waals surface area contributed by atoms with Gasteiger partial charge < -0.3 is 23.7 Å². The van der Waals surface area contributed by atoms with Crippen LogP contribution in [0.3, 0.4) is 0 Å². The Labute approximate surface area is 218 Å². The number of carbonyl (C=O) groups is 1. The van der Waals surface area contributed by atoms with Crippen molar-refractivity contribution in [1.82, 2.24) is 4.98 Å². The number of carboxylic acids is 1. The van der Waals surface area contributed by atoms with Gasteiger partial charge in [0.15, 0.2) is 6.10 Å². The lowest BCUT2D eigenvalue weighted by Crippen LogP contribution is -2.34. The monoisotopic (exact) mass is 507 g/mol. The van der Waals surface area contributed by atoms with Crippen molar-refractivity contribution in [3.8, 4) is 11.5 Å². The highest BCUT2D eigenvalue weighted by atomic mass is 16.6. The van der Waals surface area contributed by atoms with Gasteiger partial charge in [-0.3, -0.25) is 0 Å². The van der Waals surface area contributed by atoms with Crippen LogP contribution in [-0.4, -0.2) is 41.0 Å². The van der Waals surface area contributed by atoms with Crippen molar-refractivity contribution < 1.29 is 28.5 Å². The van der Waals surface area contributed by atoms with Gasteiger partial charge in [-0.15, -0.1) is 0 Å². The number of oxazole rings is 1. The van der Waals surface area contributed by atoms with E-state index < -0.39 is 12.1 Å². The van der Waals surface area contributed by atoms with Crippen molar-refractivity contribution in [2.45, 2.75) is 84.9 Å². The van der Waals surface area contributed by atoms with Crippen LogP contribution in [0.5, 0.6) is 0 Å². The highest BCUT2D eigenvalue weighted by Gasteiger charge is 2.27. The SMILES string of the molecule is Cc1cccc(-c2nc(CO[C@H]3CCC[C@@H](OCC(OCc4cc(C)ccc4C)C(=O)O)C3)c(C)o2)c1.